The zero-order valence-electron chi connectivity index (χ0n) is 15.8. The smallest absolute Gasteiger partial charge is 0.237 e. The number of rotatable bonds is 6. The number of alkyl halides is 2. The lowest BCUT2D eigenvalue weighted by atomic mass is 9.86. The molecular weight excluding hydrogens is 399 g/mol. The van der Waals surface area contributed by atoms with Crippen molar-refractivity contribution in [3.05, 3.63) is 0 Å². The highest BCUT2D eigenvalue weighted by Gasteiger charge is 2.48. The summed E-state index contributed by atoms with van der Waals surface area (Å²) >= 11 is 7.41. The molecule has 158 valence electrons. The van der Waals surface area contributed by atoms with Crippen molar-refractivity contribution in [2.75, 3.05) is 12.8 Å². The maximum absolute atomic E-state index is 14.6. The third-order valence-electron chi connectivity index (χ3n) is 5.48. The van der Waals surface area contributed by atoms with Crippen molar-refractivity contribution in [3.63, 3.8) is 0 Å². The minimum Gasteiger partial charge on any atom is -0.388 e. The Bertz CT molecular complexity index is 518. The Morgan fingerprint density at radius 2 is 2.07 bits per heavy atom. The van der Waals surface area contributed by atoms with Gasteiger partial charge in [0.25, 0.3) is 0 Å². The number of ether oxygens (including phenoxy) is 1. The van der Waals surface area contributed by atoms with Gasteiger partial charge < -0.3 is 30.7 Å². The molecule has 27 heavy (non-hydrogen) atoms. The molecule has 2 aliphatic rings. The predicted molar refractivity (Wildman–Crippen MR) is 103 cm³/mol. The van der Waals surface area contributed by atoms with Crippen LogP contribution in [-0.4, -0.2) is 87.0 Å². The van der Waals surface area contributed by atoms with Gasteiger partial charge in [0, 0.05) is 6.42 Å². The Hall–Kier alpha value is -0.160. The molecule has 2 fully saturated rings. The van der Waals surface area contributed by atoms with Crippen LogP contribution < -0.4 is 10.6 Å². The number of aliphatic hydroxyl groups excluding tert-OH is 3. The van der Waals surface area contributed by atoms with Crippen LogP contribution >= 0.6 is 23.4 Å². The first-order chi connectivity index (χ1) is 12.6. The molecule has 0 aromatic carbocycles. The fraction of sp³-hybridized carbons (Fsp3) is 0.941. The summed E-state index contributed by atoms with van der Waals surface area (Å²) in [6, 6.07) is -1.54. The van der Waals surface area contributed by atoms with E-state index in [4.69, 9.17) is 16.3 Å². The fourth-order valence-electron chi connectivity index (χ4n) is 3.61. The SMILES string of the molecule is CCC1(F)CCN[C@H](C(=O)N[C@@H]([C@H]2O[C@H](SC)[C@H](O)[C@@H](O)[C@H]2O)[C@H](C)Cl)C1. The van der Waals surface area contributed by atoms with Crippen molar-refractivity contribution in [1.82, 2.24) is 10.6 Å². The van der Waals surface area contributed by atoms with Crippen LogP contribution in [-0.2, 0) is 9.53 Å². The Morgan fingerprint density at radius 1 is 1.41 bits per heavy atom. The molecule has 10 heteroatoms. The molecule has 2 aliphatic heterocycles. The first-order valence-corrected chi connectivity index (χ1v) is 10.9. The molecule has 2 rings (SSSR count). The van der Waals surface area contributed by atoms with Crippen molar-refractivity contribution in [1.29, 1.82) is 0 Å². The molecule has 0 aliphatic carbocycles. The highest BCUT2D eigenvalue weighted by atomic mass is 35.5. The minimum atomic E-state index is -1.43. The van der Waals surface area contributed by atoms with Crippen LogP contribution in [0.25, 0.3) is 0 Å². The summed E-state index contributed by atoms with van der Waals surface area (Å²) in [6.45, 7) is 3.78. The number of thioether (sulfide) groups is 1. The van der Waals surface area contributed by atoms with Gasteiger partial charge in [-0.3, -0.25) is 4.79 Å². The van der Waals surface area contributed by atoms with Gasteiger partial charge in [-0.15, -0.1) is 23.4 Å². The van der Waals surface area contributed by atoms with E-state index >= 15 is 0 Å². The Balaban J connectivity index is 2.11. The number of carbonyl (C=O) groups excluding carboxylic acids is 1. The second kappa shape index (κ2) is 9.56. The van der Waals surface area contributed by atoms with E-state index in [-0.39, 0.29) is 6.42 Å². The molecular formula is C17H30ClFN2O5S. The Morgan fingerprint density at radius 3 is 2.63 bits per heavy atom. The molecule has 2 saturated heterocycles. The molecule has 1 amide bonds. The fourth-order valence-corrected chi connectivity index (χ4v) is 4.49. The average Bonchev–Trinajstić information content (AvgIpc) is 2.64. The topological polar surface area (TPSA) is 111 Å². The molecule has 0 bridgehead atoms. The summed E-state index contributed by atoms with van der Waals surface area (Å²) in [5.41, 5.74) is -2.16. The average molecular weight is 429 g/mol. The van der Waals surface area contributed by atoms with E-state index in [1.165, 1.54) is 11.8 Å². The standard InChI is InChI=1S/C17H30ClFN2O5S/c1-4-17(19)5-6-20-9(7-17)15(25)21-10(8(2)18)14-12(23)11(22)13(24)16(26-14)27-3/h8-14,16,20,22-24H,4-7H2,1-3H3,(H,21,25)/t8-,9-,10+,11-,12+,13+,14+,16+,17?/m0/s1. The normalized spacial score (nSPS) is 42.4. The van der Waals surface area contributed by atoms with Crippen molar-refractivity contribution in [2.45, 2.75) is 86.1 Å². The van der Waals surface area contributed by atoms with Crippen molar-refractivity contribution in [2.24, 2.45) is 0 Å². The number of nitrogens with one attached hydrogen (secondary N) is 2. The third-order valence-corrected chi connectivity index (χ3v) is 6.61. The van der Waals surface area contributed by atoms with Gasteiger partial charge in [0.15, 0.2) is 0 Å². The summed E-state index contributed by atoms with van der Waals surface area (Å²) < 4.78 is 20.4. The van der Waals surface area contributed by atoms with E-state index < -0.39 is 58.9 Å². The van der Waals surface area contributed by atoms with Crippen molar-refractivity contribution >= 4 is 29.3 Å². The van der Waals surface area contributed by atoms with Gasteiger partial charge in [-0.1, -0.05) is 6.92 Å². The van der Waals surface area contributed by atoms with Crippen LogP contribution in [0.5, 0.6) is 0 Å². The first-order valence-electron chi connectivity index (χ1n) is 9.22. The molecule has 0 spiro atoms. The monoisotopic (exact) mass is 428 g/mol. The summed E-state index contributed by atoms with van der Waals surface area (Å²) in [5, 5.41) is 35.6. The first kappa shape index (κ1) is 23.1. The summed E-state index contributed by atoms with van der Waals surface area (Å²) in [4.78, 5) is 12.7. The molecule has 9 atom stereocenters. The maximum atomic E-state index is 14.6. The van der Waals surface area contributed by atoms with Crippen LogP contribution in [0.3, 0.4) is 0 Å². The van der Waals surface area contributed by atoms with E-state index in [0.717, 1.165) is 0 Å². The second-order valence-corrected chi connectivity index (χ2v) is 8.98. The lowest BCUT2D eigenvalue weighted by molar-refractivity contribution is -0.205. The number of halogens is 2. The van der Waals surface area contributed by atoms with Gasteiger partial charge in [0.2, 0.25) is 5.91 Å². The molecule has 2 heterocycles. The molecule has 0 radical (unpaired) electrons. The molecule has 0 aromatic heterocycles. The van der Waals surface area contributed by atoms with Crippen LogP contribution in [0, 0.1) is 0 Å². The van der Waals surface area contributed by atoms with Crippen molar-refractivity contribution < 1.29 is 29.2 Å². The quantitative estimate of drug-likeness (QED) is 0.383. The van der Waals surface area contributed by atoms with Gasteiger partial charge in [0.1, 0.15) is 35.5 Å². The highest BCUT2D eigenvalue weighted by molar-refractivity contribution is 7.99. The number of aliphatic hydroxyl groups is 3. The van der Waals surface area contributed by atoms with Crippen LogP contribution in [0.1, 0.15) is 33.1 Å². The molecule has 0 saturated carbocycles. The molecule has 0 aromatic rings. The van der Waals surface area contributed by atoms with E-state index in [2.05, 4.69) is 10.6 Å². The van der Waals surface area contributed by atoms with E-state index in [1.807, 2.05) is 0 Å². The van der Waals surface area contributed by atoms with Gasteiger partial charge >= 0.3 is 0 Å². The number of piperidine rings is 1. The molecule has 5 N–H and O–H groups in total. The van der Waals surface area contributed by atoms with Gasteiger partial charge in [0.05, 0.1) is 17.5 Å². The van der Waals surface area contributed by atoms with Crippen LogP contribution in [0.4, 0.5) is 4.39 Å². The van der Waals surface area contributed by atoms with Crippen molar-refractivity contribution in [3.8, 4) is 0 Å². The van der Waals surface area contributed by atoms with Gasteiger partial charge in [-0.25, -0.2) is 4.39 Å². The van der Waals surface area contributed by atoms with Gasteiger partial charge in [-0.2, -0.15) is 0 Å². The minimum absolute atomic E-state index is 0.0571. The number of hydrogen-bond donors (Lipinski definition) is 5. The number of carbonyl (C=O) groups is 1. The Labute approximate surface area is 168 Å². The van der Waals surface area contributed by atoms with Crippen LogP contribution in [0.2, 0.25) is 0 Å². The lowest BCUT2D eigenvalue weighted by Crippen LogP contribution is -2.65. The zero-order chi connectivity index (χ0) is 20.4. The molecule has 7 nitrogen and oxygen atoms in total. The number of hydrogen-bond acceptors (Lipinski definition) is 7. The predicted octanol–water partition coefficient (Wildman–Crippen LogP) is 0.139. The van der Waals surface area contributed by atoms with Crippen LogP contribution in [0.15, 0.2) is 0 Å². The third kappa shape index (κ3) is 5.26. The Kier molecular flexibility index (Phi) is 8.19. The number of amides is 1. The summed E-state index contributed by atoms with van der Waals surface area (Å²) in [6.07, 6.45) is -2.68. The maximum Gasteiger partial charge on any atom is 0.237 e. The zero-order valence-corrected chi connectivity index (χ0v) is 17.3. The largest absolute Gasteiger partial charge is 0.388 e. The lowest BCUT2D eigenvalue weighted by Gasteiger charge is -2.44. The van der Waals surface area contributed by atoms with E-state index in [1.54, 1.807) is 20.1 Å². The molecule has 1 unspecified atom stereocenters. The van der Waals surface area contributed by atoms with E-state index in [9.17, 15) is 24.5 Å². The second-order valence-electron chi connectivity index (χ2n) is 7.35. The van der Waals surface area contributed by atoms with Gasteiger partial charge in [-0.05, 0) is 32.6 Å². The summed E-state index contributed by atoms with van der Waals surface area (Å²) in [7, 11) is 0. The summed E-state index contributed by atoms with van der Waals surface area (Å²) in [5.74, 6) is -0.431. The highest BCUT2D eigenvalue weighted by Crippen LogP contribution is 2.31. The van der Waals surface area contributed by atoms with E-state index in [0.29, 0.717) is 19.4 Å².